The molecule has 20 heavy (non-hydrogen) atoms. The van der Waals surface area contributed by atoms with E-state index in [1.165, 1.54) is 32.0 Å². The van der Waals surface area contributed by atoms with E-state index < -0.39 is 0 Å². The van der Waals surface area contributed by atoms with Crippen molar-refractivity contribution >= 4 is 5.69 Å². The fourth-order valence-electron chi connectivity index (χ4n) is 2.56. The van der Waals surface area contributed by atoms with Crippen LogP contribution in [0.3, 0.4) is 0 Å². The van der Waals surface area contributed by atoms with Gasteiger partial charge in [-0.2, -0.15) is 0 Å². The predicted octanol–water partition coefficient (Wildman–Crippen LogP) is 3.16. The Balaban J connectivity index is 1.68. The molecule has 1 aliphatic rings. The summed E-state index contributed by atoms with van der Waals surface area (Å²) in [4.78, 5) is 12.8. The molecule has 0 atom stereocenters. The molecular weight excluding hydrogens is 256 g/mol. The van der Waals surface area contributed by atoms with Gasteiger partial charge < -0.3 is 9.64 Å². The summed E-state index contributed by atoms with van der Waals surface area (Å²) in [6, 6.07) is 4.92. The Kier molecular flexibility index (Phi) is 5.35. The molecule has 110 valence electrons. The van der Waals surface area contributed by atoms with E-state index in [4.69, 9.17) is 4.74 Å². The zero-order valence-corrected chi connectivity index (χ0v) is 12.0. The fourth-order valence-corrected chi connectivity index (χ4v) is 2.56. The zero-order chi connectivity index (χ0) is 14.4. The Morgan fingerprint density at radius 3 is 2.70 bits per heavy atom. The number of nitrogens with zero attached hydrogens (tertiary/aromatic N) is 2. The number of aryl methyl sites for hydroxylation is 1. The van der Waals surface area contributed by atoms with Crippen LogP contribution in [0.15, 0.2) is 18.2 Å². The van der Waals surface area contributed by atoms with Gasteiger partial charge in [0.25, 0.3) is 5.69 Å². The van der Waals surface area contributed by atoms with Crippen molar-refractivity contribution < 1.29 is 9.66 Å². The van der Waals surface area contributed by atoms with Gasteiger partial charge in [-0.1, -0.05) is 0 Å². The smallest absolute Gasteiger partial charge is 0.272 e. The van der Waals surface area contributed by atoms with Gasteiger partial charge >= 0.3 is 0 Å². The van der Waals surface area contributed by atoms with Gasteiger partial charge in [0.1, 0.15) is 5.75 Å². The number of nitro groups is 1. The van der Waals surface area contributed by atoms with Crippen molar-refractivity contribution in [2.45, 2.75) is 32.6 Å². The number of likely N-dealkylation sites (tertiary alicyclic amines) is 1. The lowest BCUT2D eigenvalue weighted by Crippen LogP contribution is -2.20. The lowest BCUT2D eigenvalue weighted by atomic mass is 10.2. The van der Waals surface area contributed by atoms with Crippen molar-refractivity contribution in [2.24, 2.45) is 0 Å². The number of hydrogen-bond donors (Lipinski definition) is 0. The Morgan fingerprint density at radius 2 is 2.05 bits per heavy atom. The second-order valence-corrected chi connectivity index (χ2v) is 5.31. The first-order chi connectivity index (χ1) is 9.66. The number of nitro benzene ring substituents is 1. The summed E-state index contributed by atoms with van der Waals surface area (Å²) in [6.45, 7) is 6.04. The summed E-state index contributed by atoms with van der Waals surface area (Å²) in [5.41, 5.74) is 0.788. The van der Waals surface area contributed by atoms with Gasteiger partial charge in [0.15, 0.2) is 0 Å². The molecule has 0 amide bonds. The van der Waals surface area contributed by atoms with Crippen LogP contribution < -0.4 is 4.74 Å². The van der Waals surface area contributed by atoms with Gasteiger partial charge in [0, 0.05) is 11.6 Å². The lowest BCUT2D eigenvalue weighted by molar-refractivity contribution is -0.385. The molecule has 1 saturated heterocycles. The van der Waals surface area contributed by atoms with Crippen molar-refractivity contribution in [3.05, 3.63) is 33.9 Å². The van der Waals surface area contributed by atoms with E-state index >= 15 is 0 Å². The van der Waals surface area contributed by atoms with Crippen molar-refractivity contribution in [3.8, 4) is 5.75 Å². The van der Waals surface area contributed by atoms with Crippen LogP contribution in [-0.2, 0) is 0 Å². The normalized spacial score (nSPS) is 15.4. The van der Waals surface area contributed by atoms with Crippen LogP contribution >= 0.6 is 0 Å². The molecule has 1 fully saturated rings. The molecule has 0 bridgehead atoms. The van der Waals surface area contributed by atoms with E-state index in [-0.39, 0.29) is 10.6 Å². The van der Waals surface area contributed by atoms with Crippen molar-refractivity contribution in [1.82, 2.24) is 4.90 Å². The average molecular weight is 278 g/mol. The minimum absolute atomic E-state index is 0.145. The summed E-state index contributed by atoms with van der Waals surface area (Å²) in [5.74, 6) is 0.717. The summed E-state index contributed by atoms with van der Waals surface area (Å²) in [6.07, 6.45) is 4.83. The van der Waals surface area contributed by atoms with Crippen molar-refractivity contribution in [2.75, 3.05) is 26.2 Å². The second kappa shape index (κ2) is 7.24. The molecule has 1 heterocycles. The highest BCUT2D eigenvalue weighted by atomic mass is 16.6. The molecule has 5 nitrogen and oxygen atoms in total. The maximum Gasteiger partial charge on any atom is 0.272 e. The van der Waals surface area contributed by atoms with Crippen molar-refractivity contribution in [3.63, 3.8) is 0 Å². The molecule has 0 radical (unpaired) electrons. The highest BCUT2D eigenvalue weighted by Crippen LogP contribution is 2.23. The molecule has 1 aliphatic heterocycles. The number of unbranched alkanes of at least 4 members (excludes halogenated alkanes) is 1. The van der Waals surface area contributed by atoms with Gasteiger partial charge in [-0.15, -0.1) is 0 Å². The molecular formula is C15H22N2O3. The van der Waals surface area contributed by atoms with Gasteiger partial charge in [-0.05, 0) is 64.4 Å². The maximum absolute atomic E-state index is 10.7. The van der Waals surface area contributed by atoms with E-state index in [1.807, 2.05) is 0 Å². The minimum Gasteiger partial charge on any atom is -0.494 e. The van der Waals surface area contributed by atoms with E-state index in [0.29, 0.717) is 17.9 Å². The molecule has 0 N–H and O–H groups in total. The van der Waals surface area contributed by atoms with Crippen LogP contribution in [0, 0.1) is 17.0 Å². The van der Waals surface area contributed by atoms with Crippen LogP contribution in [0.25, 0.3) is 0 Å². The minimum atomic E-state index is -0.366. The Bertz CT molecular complexity index is 456. The monoisotopic (exact) mass is 278 g/mol. The van der Waals surface area contributed by atoms with Crippen LogP contribution in [-0.4, -0.2) is 36.1 Å². The summed E-state index contributed by atoms with van der Waals surface area (Å²) >= 11 is 0. The van der Waals surface area contributed by atoms with Crippen LogP contribution in [0.5, 0.6) is 5.75 Å². The lowest BCUT2D eigenvalue weighted by Gasteiger charge is -2.14. The molecule has 0 spiro atoms. The van der Waals surface area contributed by atoms with E-state index in [9.17, 15) is 10.1 Å². The van der Waals surface area contributed by atoms with Gasteiger partial charge in [0.2, 0.25) is 0 Å². The van der Waals surface area contributed by atoms with E-state index in [2.05, 4.69) is 4.90 Å². The highest BCUT2D eigenvalue weighted by Gasteiger charge is 2.11. The number of ether oxygens (including phenoxy) is 1. The number of rotatable bonds is 7. The second-order valence-electron chi connectivity index (χ2n) is 5.31. The third-order valence-electron chi connectivity index (χ3n) is 3.70. The Morgan fingerprint density at radius 1 is 1.30 bits per heavy atom. The molecule has 5 heteroatoms. The quantitative estimate of drug-likeness (QED) is 0.437. The van der Waals surface area contributed by atoms with E-state index in [0.717, 1.165) is 19.4 Å². The predicted molar refractivity (Wildman–Crippen MR) is 78.2 cm³/mol. The third kappa shape index (κ3) is 4.20. The molecule has 0 saturated carbocycles. The molecule has 0 aromatic heterocycles. The Hall–Kier alpha value is -1.62. The standard InChI is InChI=1S/C15H22N2O3/c1-13-12-14(6-7-15(13)17(18)19)20-11-5-4-10-16-8-2-3-9-16/h6-7,12H,2-5,8-11H2,1H3. The largest absolute Gasteiger partial charge is 0.494 e. The molecule has 0 unspecified atom stereocenters. The Labute approximate surface area is 119 Å². The van der Waals surface area contributed by atoms with Gasteiger partial charge in [-0.3, -0.25) is 10.1 Å². The molecule has 0 aliphatic carbocycles. The number of benzene rings is 1. The van der Waals surface area contributed by atoms with Gasteiger partial charge in [-0.25, -0.2) is 0 Å². The first-order valence-electron chi connectivity index (χ1n) is 7.27. The van der Waals surface area contributed by atoms with Crippen LogP contribution in [0.4, 0.5) is 5.69 Å². The first kappa shape index (κ1) is 14.8. The SMILES string of the molecule is Cc1cc(OCCCCN2CCCC2)ccc1[N+](=O)[O-]. The molecule has 2 rings (SSSR count). The topological polar surface area (TPSA) is 55.6 Å². The summed E-state index contributed by atoms with van der Waals surface area (Å²) in [5, 5.41) is 10.7. The fraction of sp³-hybridized carbons (Fsp3) is 0.600. The van der Waals surface area contributed by atoms with Gasteiger partial charge in [0.05, 0.1) is 11.5 Å². The molecule has 1 aromatic rings. The van der Waals surface area contributed by atoms with Crippen molar-refractivity contribution in [1.29, 1.82) is 0 Å². The summed E-state index contributed by atoms with van der Waals surface area (Å²) < 4.78 is 5.65. The van der Waals surface area contributed by atoms with Crippen LogP contribution in [0.1, 0.15) is 31.2 Å². The number of hydrogen-bond acceptors (Lipinski definition) is 4. The zero-order valence-electron chi connectivity index (χ0n) is 12.0. The molecule has 1 aromatic carbocycles. The third-order valence-corrected chi connectivity index (χ3v) is 3.70. The first-order valence-corrected chi connectivity index (χ1v) is 7.27. The summed E-state index contributed by atoms with van der Waals surface area (Å²) in [7, 11) is 0. The average Bonchev–Trinajstić information content (AvgIpc) is 2.91. The van der Waals surface area contributed by atoms with Crippen LogP contribution in [0.2, 0.25) is 0 Å². The van der Waals surface area contributed by atoms with E-state index in [1.54, 1.807) is 19.1 Å². The maximum atomic E-state index is 10.7. The highest BCUT2D eigenvalue weighted by molar-refractivity contribution is 5.44.